The minimum atomic E-state index is -1.36. The number of carboxylic acid groups (broad SMARTS) is 1. The first kappa shape index (κ1) is 95.9. The van der Waals surface area contributed by atoms with Crippen LogP contribution in [0.25, 0.3) is 56.4 Å². The average molecular weight is 1760 g/mol. The largest absolute Gasteiger partial charge is 0.550 e. The first-order valence-electron chi connectivity index (χ1n) is 36.0. The van der Waals surface area contributed by atoms with E-state index in [1.54, 1.807) is 31.2 Å². The molecule has 2 aliphatic heterocycles. The van der Waals surface area contributed by atoms with Crippen LogP contribution in [0.3, 0.4) is 0 Å². The fourth-order valence-corrected chi connectivity index (χ4v) is 12.7. The lowest BCUT2D eigenvalue weighted by molar-refractivity contribution is -0.302. The second-order valence-corrected chi connectivity index (χ2v) is 32.6. The molecule has 0 radical (unpaired) electrons. The summed E-state index contributed by atoms with van der Waals surface area (Å²) in [5.74, 6) is -4.64. The summed E-state index contributed by atoms with van der Waals surface area (Å²) in [7, 11) is 9.93. The maximum atomic E-state index is 13.6. The molecular formula is C80H89Cl5F6N16O6S3. The van der Waals surface area contributed by atoms with E-state index >= 15 is 0 Å². The van der Waals surface area contributed by atoms with E-state index in [0.717, 1.165) is 133 Å². The van der Waals surface area contributed by atoms with Gasteiger partial charge in [0.25, 0.3) is 25.6 Å². The van der Waals surface area contributed by atoms with Crippen molar-refractivity contribution < 1.29 is 46.8 Å². The lowest BCUT2D eigenvalue weighted by atomic mass is 10.1. The number of nitrogens with two attached hydrogens (primary N) is 2. The predicted molar refractivity (Wildman–Crippen MR) is 453 cm³/mol. The molecule has 5 aromatic heterocycles. The average Bonchev–Trinajstić information content (AvgIpc) is 0.931. The second kappa shape index (κ2) is 48.1. The van der Waals surface area contributed by atoms with Crippen LogP contribution in [-0.2, 0) is 24.4 Å². The number of aliphatic carboxylic acids is 1. The van der Waals surface area contributed by atoms with Crippen LogP contribution in [0, 0.1) is 34.9 Å². The molecule has 0 bridgehead atoms. The zero-order chi connectivity index (χ0) is 85.3. The highest BCUT2D eigenvalue weighted by Crippen LogP contribution is 2.41. The SMILES string of the molecule is CC(=O)[O-].CCN(C(C)C)C(C)C.CCO.CN1CCN(c2cc(-c3cccc(Cn4nc(-c5cc(F)cc(F)c5)ccc4=O)c3)ns2)CC1.CN1CCNCC1.ClSC(Cl)(Cl)Cl.NC(=[NH2+])c1cccc(Cn2nc(-c3cc(F)cc(F)c3)ccc2=O)c1.O=c1ccc(-c2cc(F)cc(F)c2)nn1Cc1cccc(-c2nsc(Cl)n2)c1. The fraction of sp³-hybridized carbons (Fsp3) is 0.312. The monoisotopic (exact) mass is 1750 g/mol. The van der Waals surface area contributed by atoms with E-state index in [4.69, 9.17) is 83.2 Å². The molecule has 116 heavy (non-hydrogen) atoms. The predicted octanol–water partition coefficient (Wildman–Crippen LogP) is 12.8. The van der Waals surface area contributed by atoms with E-state index in [1.165, 1.54) is 99.3 Å². The van der Waals surface area contributed by atoms with Crippen molar-refractivity contribution in [2.45, 2.75) is 83.3 Å². The Kier molecular flexibility index (Phi) is 39.7. The maximum absolute atomic E-state index is 13.6. The number of piperazine rings is 2. The van der Waals surface area contributed by atoms with Crippen molar-refractivity contribution >= 4 is 108 Å². The Hall–Kier alpha value is -8.93. The Morgan fingerprint density at radius 3 is 1.28 bits per heavy atom. The topological polar surface area (TPSA) is 280 Å². The van der Waals surface area contributed by atoms with Gasteiger partial charge in [0.1, 0.15) is 39.9 Å². The number of rotatable bonds is 16. The molecule has 2 saturated heterocycles. The Labute approximate surface area is 705 Å². The Balaban J connectivity index is 0.000000232. The van der Waals surface area contributed by atoms with E-state index in [9.17, 15) is 40.7 Å². The van der Waals surface area contributed by atoms with Gasteiger partial charge in [0, 0.05) is 158 Å². The number of carboxylic acids is 1. The number of carbonyl (C=O) groups is 1. The summed E-state index contributed by atoms with van der Waals surface area (Å²) in [5.41, 5.74) is 12.0. The molecule has 22 nitrogen and oxygen atoms in total. The number of nitrogens with one attached hydrogen (secondary N) is 1. The van der Waals surface area contributed by atoms with Crippen molar-refractivity contribution in [1.82, 2.24) is 63.1 Å². The maximum Gasteiger partial charge on any atom is 0.270 e. The van der Waals surface area contributed by atoms with Gasteiger partial charge in [-0.3, -0.25) is 30.4 Å². The summed E-state index contributed by atoms with van der Waals surface area (Å²) in [6.07, 6.45) is 0. The summed E-state index contributed by atoms with van der Waals surface area (Å²) < 4.78 is 92.6. The van der Waals surface area contributed by atoms with Gasteiger partial charge >= 0.3 is 0 Å². The molecule has 0 atom stereocenters. The van der Waals surface area contributed by atoms with E-state index in [-0.39, 0.29) is 65.4 Å². The number of anilines is 1. The van der Waals surface area contributed by atoms with Gasteiger partial charge in [-0.05, 0) is 203 Å². The number of aliphatic hydroxyl groups is 1. The van der Waals surface area contributed by atoms with Crippen LogP contribution in [-0.4, -0.2) is 169 Å². The molecule has 13 rings (SSSR count). The van der Waals surface area contributed by atoms with Gasteiger partial charge in [-0.15, -0.1) is 0 Å². The molecular weight excluding hydrogens is 1670 g/mol. The van der Waals surface area contributed by atoms with Crippen molar-refractivity contribution in [3.05, 3.63) is 263 Å². The van der Waals surface area contributed by atoms with Crippen molar-refractivity contribution in [3.63, 3.8) is 0 Å². The number of aromatic nitrogens is 9. The van der Waals surface area contributed by atoms with Gasteiger partial charge in [-0.25, -0.2) is 45.4 Å². The molecule has 0 unspecified atom stereocenters. The van der Waals surface area contributed by atoms with Crippen LogP contribution in [0.4, 0.5) is 31.3 Å². The Bertz CT molecular complexity index is 5090. The van der Waals surface area contributed by atoms with E-state index in [0.29, 0.717) is 56.0 Å². The molecule has 2 aliphatic rings. The van der Waals surface area contributed by atoms with E-state index in [2.05, 4.69) is 109 Å². The lowest BCUT2D eigenvalue weighted by Crippen LogP contribution is -2.46. The van der Waals surface area contributed by atoms with Crippen molar-refractivity contribution in [2.75, 3.05) is 84.5 Å². The molecule has 0 spiro atoms. The number of aliphatic hydroxyl groups excluding tert-OH is 1. The highest BCUT2D eigenvalue weighted by molar-refractivity contribution is 8.25. The number of nitrogens with zero attached hydrogens (tertiary/aromatic N) is 13. The summed E-state index contributed by atoms with van der Waals surface area (Å²) in [6.45, 7) is 24.6. The van der Waals surface area contributed by atoms with Crippen molar-refractivity contribution in [1.29, 1.82) is 0 Å². The van der Waals surface area contributed by atoms with Gasteiger partial charge in [-0.1, -0.05) is 90.3 Å². The van der Waals surface area contributed by atoms with Gasteiger partial charge < -0.3 is 35.0 Å². The number of halogens is 11. The molecule has 6 N–H and O–H groups in total. The Morgan fingerprint density at radius 2 is 0.940 bits per heavy atom. The van der Waals surface area contributed by atoms with Gasteiger partial charge in [0.2, 0.25) is 4.47 Å². The first-order valence-corrected chi connectivity index (χ1v) is 40.7. The van der Waals surface area contributed by atoms with E-state index in [1.807, 2.05) is 48.5 Å². The standard InChI is InChI=1S/C25H23F2N5OS.C19H11ClF2N4OS.C18H14F2N4O.C8H19N.C5H12N2.C2H4O2.C2H6O.CCl4S/c1-30-7-9-31(10-8-30)25-15-23(29-34-25)18-4-2-3-17(11-18)16-32-24(33)6-5-22(28-32)19-12-20(26)14-21(27)13-19;20-19-23-18(25-28-19)12-3-1-2-11(6-12)10-26-17(27)5-4-16(24-26)13-7-14(21)9-15(22)8-13;19-14-7-13(8-15(20)9-14)16-4-5-17(25)24(23-16)10-11-2-1-3-12(6-11)18(21)22;1-6-9(7(2)3)8(4)5;1-7-4-2-6-3-5-7;1-2(3)4;1-2-3;2-1(3,4)6-5/h2-6,11-15H,7-10,16H2,1H3;1-9H,10H2;1-9H,10H2,(H3,21,22);7-8H,6H2,1-5H3;6H,2-5H2,1H3;1H3,(H,3,4);3H,2H2,1H3;. The molecule has 7 heterocycles. The second-order valence-electron chi connectivity index (χ2n) is 26.3. The molecule has 11 aromatic rings. The molecule has 0 aliphatic carbocycles. The summed E-state index contributed by atoms with van der Waals surface area (Å²) in [6, 6.07) is 43.4. The van der Waals surface area contributed by atoms with Gasteiger partial charge in [0.15, 0.2) is 5.82 Å². The molecule has 2 fully saturated rings. The third-order valence-corrected chi connectivity index (χ3v) is 20.5. The number of benzene rings is 6. The molecule has 0 amide bonds. The summed E-state index contributed by atoms with van der Waals surface area (Å²) in [4.78, 5) is 59.2. The van der Waals surface area contributed by atoms with E-state index < -0.39 is 44.0 Å². The summed E-state index contributed by atoms with van der Waals surface area (Å²) in [5, 5.41) is 39.2. The van der Waals surface area contributed by atoms with Crippen molar-refractivity contribution in [2.24, 2.45) is 5.73 Å². The number of likely N-dealkylation sites (N-methyl/N-ethyl adjacent to an activating group) is 2. The molecule has 0 saturated carbocycles. The minimum absolute atomic E-state index is 0.172. The van der Waals surface area contributed by atoms with Crippen LogP contribution in [0.5, 0.6) is 0 Å². The van der Waals surface area contributed by atoms with Crippen LogP contribution >= 0.6 is 91.1 Å². The fourth-order valence-electron chi connectivity index (χ4n) is 11.3. The third kappa shape index (κ3) is 33.2. The van der Waals surface area contributed by atoms with Crippen LogP contribution < -0.4 is 43.1 Å². The summed E-state index contributed by atoms with van der Waals surface area (Å²) >= 11 is 23.7. The first-order chi connectivity index (χ1) is 55.0. The molecule has 36 heteroatoms. The number of hydrogen-bond acceptors (Lipinski definition) is 20. The third-order valence-electron chi connectivity index (χ3n) is 16.6. The molecule has 6 aromatic carbocycles. The number of alkyl halides is 3. The van der Waals surface area contributed by atoms with Crippen LogP contribution in [0.2, 0.25) is 4.47 Å². The van der Waals surface area contributed by atoms with Crippen LogP contribution in [0.15, 0.2) is 184 Å². The van der Waals surface area contributed by atoms with Crippen molar-refractivity contribution in [3.8, 4) is 56.4 Å². The normalized spacial score (nSPS) is 12.6. The minimum Gasteiger partial charge on any atom is -0.550 e. The zero-order valence-corrected chi connectivity index (χ0v) is 71.1. The number of amidine groups is 1. The highest BCUT2D eigenvalue weighted by atomic mass is 35.7. The van der Waals surface area contributed by atoms with Gasteiger partial charge in [0.05, 0.1) is 48.0 Å². The quantitative estimate of drug-likeness (QED) is 0.0303. The zero-order valence-electron chi connectivity index (χ0n) is 64.9. The number of hydrogen-bond donors (Lipinski definition) is 4. The Morgan fingerprint density at radius 1 is 0.569 bits per heavy atom. The highest BCUT2D eigenvalue weighted by Gasteiger charge is 2.20. The van der Waals surface area contributed by atoms with Crippen LogP contribution in [0.1, 0.15) is 70.7 Å². The molecule has 620 valence electrons. The number of carbonyl (C=O) groups excluding carboxylic acids is 1. The lowest BCUT2D eigenvalue weighted by Gasteiger charge is -2.32. The van der Waals surface area contributed by atoms with Gasteiger partial charge in [-0.2, -0.15) is 24.0 Å². The smallest absolute Gasteiger partial charge is 0.270 e.